The molecule has 12 heteroatoms. The van der Waals surface area contributed by atoms with Gasteiger partial charge in [0.25, 0.3) is 0 Å². The van der Waals surface area contributed by atoms with E-state index in [-0.39, 0.29) is 18.5 Å². The highest BCUT2D eigenvalue weighted by atomic mass is 32.2. The Balaban J connectivity index is 1.94. The zero-order valence-electron chi connectivity index (χ0n) is 16.8. The van der Waals surface area contributed by atoms with Gasteiger partial charge < -0.3 is 10.2 Å². The summed E-state index contributed by atoms with van der Waals surface area (Å²) in [6.07, 6.45) is -4.83. The van der Waals surface area contributed by atoms with Gasteiger partial charge in [-0.15, -0.1) is 0 Å². The fourth-order valence-electron chi connectivity index (χ4n) is 3.75. The lowest BCUT2D eigenvalue weighted by molar-refractivity contribution is -0.137. The van der Waals surface area contributed by atoms with Gasteiger partial charge in [0.2, 0.25) is 10.0 Å². The van der Waals surface area contributed by atoms with Gasteiger partial charge in [-0.1, -0.05) is 6.07 Å². The van der Waals surface area contributed by atoms with Crippen LogP contribution < -0.4 is 0 Å². The van der Waals surface area contributed by atoms with E-state index in [1.807, 2.05) is 0 Å². The normalized spacial score (nSPS) is 21.5. The number of hydrogen-bond donors (Lipinski definition) is 2. The molecule has 0 amide bonds. The molecule has 1 aliphatic rings. The molecule has 2 N–H and O–H groups in total. The van der Waals surface area contributed by atoms with Gasteiger partial charge in [-0.2, -0.15) is 28.0 Å². The molecule has 0 bridgehead atoms. The summed E-state index contributed by atoms with van der Waals surface area (Å²) in [6.45, 7) is -1.76. The SMILES string of the molecule is N#Cc1ccc(C[C@H]2CN(S(=O)(=O)c3ccc(C(F)(F)F)cc3C#N)C[C@@]2(O)CO)cc1F. The Bertz CT molecular complexity index is 1270. The fraction of sp³-hybridized carbons (Fsp3) is 0.333. The van der Waals surface area contributed by atoms with Crippen LogP contribution in [0.15, 0.2) is 41.3 Å². The zero-order chi connectivity index (χ0) is 24.6. The lowest BCUT2D eigenvalue weighted by Crippen LogP contribution is -2.43. The monoisotopic (exact) mass is 483 g/mol. The minimum absolute atomic E-state index is 0.0518. The summed E-state index contributed by atoms with van der Waals surface area (Å²) in [5.41, 5.74) is -3.68. The third kappa shape index (κ3) is 4.70. The number of sulfonamides is 1. The van der Waals surface area contributed by atoms with Crippen LogP contribution in [0.4, 0.5) is 17.6 Å². The number of benzene rings is 2. The van der Waals surface area contributed by atoms with Crippen molar-refractivity contribution in [3.8, 4) is 12.1 Å². The summed E-state index contributed by atoms with van der Waals surface area (Å²) in [7, 11) is -4.51. The van der Waals surface area contributed by atoms with Crippen LogP contribution in [0.2, 0.25) is 0 Å². The maximum Gasteiger partial charge on any atom is 0.416 e. The smallest absolute Gasteiger partial charge is 0.393 e. The standard InChI is InChI=1S/C21H17F4N3O4S/c22-18-6-13(1-2-14(18)8-26)5-17-10-28(11-20(17,30)12-29)33(31,32)19-4-3-16(21(23,24)25)7-15(19)9-27/h1-4,6-7,17,29-30H,5,10-12H2/t17-,20+/m0/s1. The van der Waals surface area contributed by atoms with E-state index in [2.05, 4.69) is 0 Å². The quantitative estimate of drug-likeness (QED) is 0.628. The average Bonchev–Trinajstić information content (AvgIpc) is 3.10. The van der Waals surface area contributed by atoms with Gasteiger partial charge >= 0.3 is 6.18 Å². The minimum Gasteiger partial charge on any atom is -0.393 e. The van der Waals surface area contributed by atoms with Gasteiger partial charge in [0.1, 0.15) is 23.6 Å². The molecular weight excluding hydrogens is 466 g/mol. The van der Waals surface area contributed by atoms with Crippen LogP contribution in [0.1, 0.15) is 22.3 Å². The van der Waals surface area contributed by atoms with Gasteiger partial charge in [0.05, 0.1) is 28.2 Å². The van der Waals surface area contributed by atoms with E-state index in [0.29, 0.717) is 23.8 Å². The summed E-state index contributed by atoms with van der Waals surface area (Å²) in [6, 6.07) is 8.49. The third-order valence-corrected chi connectivity index (χ3v) is 7.46. The van der Waals surface area contributed by atoms with Crippen molar-refractivity contribution in [1.82, 2.24) is 4.31 Å². The Kier molecular flexibility index (Phi) is 6.51. The molecule has 2 aromatic carbocycles. The van der Waals surface area contributed by atoms with Gasteiger partial charge in [-0.3, -0.25) is 0 Å². The van der Waals surface area contributed by atoms with Crippen LogP contribution in [0.25, 0.3) is 0 Å². The summed E-state index contributed by atoms with van der Waals surface area (Å²) < 4.78 is 79.8. The molecule has 0 saturated carbocycles. The van der Waals surface area contributed by atoms with Crippen LogP contribution in [0.5, 0.6) is 0 Å². The number of aliphatic hydroxyl groups excluding tert-OH is 1. The van der Waals surface area contributed by atoms with Crippen LogP contribution in [-0.4, -0.2) is 48.2 Å². The van der Waals surface area contributed by atoms with Crippen LogP contribution >= 0.6 is 0 Å². The van der Waals surface area contributed by atoms with Crippen LogP contribution in [-0.2, 0) is 22.6 Å². The number of hydrogen-bond acceptors (Lipinski definition) is 6. The molecule has 33 heavy (non-hydrogen) atoms. The number of alkyl halides is 3. The largest absolute Gasteiger partial charge is 0.416 e. The van der Waals surface area contributed by atoms with Crippen molar-refractivity contribution < 1.29 is 36.2 Å². The maximum atomic E-state index is 13.9. The van der Waals surface area contributed by atoms with Crippen LogP contribution in [0, 0.1) is 34.4 Å². The Morgan fingerprint density at radius 2 is 1.79 bits per heavy atom. The molecule has 1 fully saturated rings. The summed E-state index contributed by atoms with van der Waals surface area (Å²) in [5, 5.41) is 38.6. The van der Waals surface area contributed by atoms with E-state index in [1.165, 1.54) is 18.2 Å². The lowest BCUT2D eigenvalue weighted by Gasteiger charge is -2.26. The predicted molar refractivity (Wildman–Crippen MR) is 105 cm³/mol. The van der Waals surface area contributed by atoms with Crippen molar-refractivity contribution >= 4 is 10.0 Å². The molecule has 0 aliphatic carbocycles. The van der Waals surface area contributed by atoms with Crippen molar-refractivity contribution in [3.05, 3.63) is 64.5 Å². The van der Waals surface area contributed by atoms with Crippen molar-refractivity contribution in [3.63, 3.8) is 0 Å². The Morgan fingerprint density at radius 3 is 2.33 bits per heavy atom. The van der Waals surface area contributed by atoms with E-state index in [4.69, 9.17) is 5.26 Å². The first-order valence-corrected chi connectivity index (χ1v) is 10.9. The number of halogens is 4. The molecule has 2 atom stereocenters. The molecule has 1 aliphatic heterocycles. The molecule has 0 spiro atoms. The molecule has 7 nitrogen and oxygen atoms in total. The second-order valence-corrected chi connectivity index (χ2v) is 9.61. The molecule has 3 rings (SSSR count). The van der Waals surface area contributed by atoms with E-state index >= 15 is 0 Å². The highest BCUT2D eigenvalue weighted by molar-refractivity contribution is 7.89. The Morgan fingerprint density at radius 1 is 1.12 bits per heavy atom. The maximum absolute atomic E-state index is 13.9. The second-order valence-electron chi connectivity index (χ2n) is 7.71. The van der Waals surface area contributed by atoms with E-state index < -0.39 is 62.7 Å². The van der Waals surface area contributed by atoms with Gasteiger partial charge in [-0.05, 0) is 42.3 Å². The number of rotatable bonds is 5. The van der Waals surface area contributed by atoms with Crippen molar-refractivity contribution in [2.45, 2.75) is 23.1 Å². The molecule has 0 radical (unpaired) electrons. The van der Waals surface area contributed by atoms with Crippen molar-refractivity contribution in [2.75, 3.05) is 19.7 Å². The first-order chi connectivity index (χ1) is 15.4. The topological polar surface area (TPSA) is 125 Å². The zero-order valence-corrected chi connectivity index (χ0v) is 17.7. The van der Waals surface area contributed by atoms with Gasteiger partial charge in [0.15, 0.2) is 0 Å². The number of β-amino-alcohol motifs (C(OH)–C–C–N with tert-alkyl or cyclic N) is 1. The van der Waals surface area contributed by atoms with Gasteiger partial charge in [-0.25, -0.2) is 12.8 Å². The summed E-state index contributed by atoms with van der Waals surface area (Å²) in [4.78, 5) is -0.664. The molecular formula is C21H17F4N3O4S. The van der Waals surface area contributed by atoms with E-state index in [9.17, 15) is 41.5 Å². The van der Waals surface area contributed by atoms with Crippen molar-refractivity contribution in [1.29, 1.82) is 10.5 Å². The molecule has 0 unspecified atom stereocenters. The molecule has 0 aromatic heterocycles. The summed E-state index contributed by atoms with van der Waals surface area (Å²) >= 11 is 0. The lowest BCUT2D eigenvalue weighted by atomic mass is 9.86. The number of nitrogens with zero attached hydrogens (tertiary/aromatic N) is 3. The molecule has 174 valence electrons. The number of nitriles is 2. The average molecular weight is 483 g/mol. The Labute approximate surface area is 186 Å². The number of aliphatic hydroxyl groups is 2. The highest BCUT2D eigenvalue weighted by Crippen LogP contribution is 2.36. The molecule has 1 heterocycles. The summed E-state index contributed by atoms with van der Waals surface area (Å²) in [5.74, 6) is -1.70. The van der Waals surface area contributed by atoms with Gasteiger partial charge in [0, 0.05) is 19.0 Å². The van der Waals surface area contributed by atoms with Crippen molar-refractivity contribution in [2.24, 2.45) is 5.92 Å². The highest BCUT2D eigenvalue weighted by Gasteiger charge is 2.49. The first-order valence-electron chi connectivity index (χ1n) is 9.49. The van der Waals surface area contributed by atoms with E-state index in [1.54, 1.807) is 6.07 Å². The first kappa shape index (κ1) is 24.6. The van der Waals surface area contributed by atoms with E-state index in [0.717, 1.165) is 10.4 Å². The Hall–Kier alpha value is -3.03. The second kappa shape index (κ2) is 8.72. The predicted octanol–water partition coefficient (Wildman–Crippen LogP) is 2.17. The van der Waals surface area contributed by atoms with Crippen LogP contribution in [0.3, 0.4) is 0 Å². The minimum atomic E-state index is -4.78. The molecule has 1 saturated heterocycles. The fourth-order valence-corrected chi connectivity index (χ4v) is 5.42. The third-order valence-electron chi connectivity index (χ3n) is 5.59. The molecule has 2 aromatic rings.